The highest BCUT2D eigenvalue weighted by molar-refractivity contribution is 8.00. The van der Waals surface area contributed by atoms with E-state index in [0.717, 1.165) is 19.4 Å². The maximum Gasteiger partial charge on any atom is 0.319 e. The van der Waals surface area contributed by atoms with Crippen LogP contribution >= 0.6 is 11.8 Å². The fraction of sp³-hybridized carbons (Fsp3) is 0.667. The van der Waals surface area contributed by atoms with Crippen molar-refractivity contribution in [1.82, 2.24) is 9.97 Å². The van der Waals surface area contributed by atoms with Gasteiger partial charge in [-0.05, 0) is 19.8 Å². The van der Waals surface area contributed by atoms with Crippen LogP contribution in [0.15, 0.2) is 11.2 Å². The summed E-state index contributed by atoms with van der Waals surface area (Å²) in [5.41, 5.74) is -0.0452. The van der Waals surface area contributed by atoms with Crippen LogP contribution in [-0.2, 0) is 4.74 Å². The molecule has 0 amide bonds. The quantitative estimate of drug-likeness (QED) is 0.490. The van der Waals surface area contributed by atoms with E-state index in [0.29, 0.717) is 17.6 Å². The number of anilines is 1. The molecule has 1 aromatic heterocycles. The molecule has 1 aliphatic rings. The molecular weight excluding hydrogens is 280 g/mol. The van der Waals surface area contributed by atoms with Gasteiger partial charge in [0.25, 0.3) is 0 Å². The summed E-state index contributed by atoms with van der Waals surface area (Å²) >= 11 is 1.40. The molecule has 0 spiro atoms. The first-order valence-corrected chi connectivity index (χ1v) is 7.53. The van der Waals surface area contributed by atoms with E-state index >= 15 is 0 Å². The molecule has 7 nitrogen and oxygen atoms in total. The van der Waals surface area contributed by atoms with Gasteiger partial charge in [-0.3, -0.25) is 10.1 Å². The van der Waals surface area contributed by atoms with Gasteiger partial charge < -0.3 is 10.1 Å². The lowest BCUT2D eigenvalue weighted by Crippen LogP contribution is -2.14. The Balaban J connectivity index is 2.19. The molecule has 0 aromatic carbocycles. The SMILES string of the molecule is CCCNc1ncc([N+](=O)[O-])c(SC2CCOC2C)n1. The van der Waals surface area contributed by atoms with E-state index in [1.54, 1.807) is 0 Å². The minimum atomic E-state index is -0.438. The monoisotopic (exact) mass is 298 g/mol. The van der Waals surface area contributed by atoms with E-state index < -0.39 is 4.92 Å². The van der Waals surface area contributed by atoms with Crippen LogP contribution in [-0.4, -0.2) is 39.4 Å². The van der Waals surface area contributed by atoms with E-state index in [1.807, 2.05) is 13.8 Å². The van der Waals surface area contributed by atoms with Crippen LogP contribution in [0.4, 0.5) is 11.6 Å². The second-order valence-corrected chi connectivity index (χ2v) is 5.82. The molecule has 0 bridgehead atoms. The second kappa shape index (κ2) is 6.85. The lowest BCUT2D eigenvalue weighted by Gasteiger charge is -2.13. The fourth-order valence-electron chi connectivity index (χ4n) is 1.90. The Hall–Kier alpha value is -1.41. The van der Waals surface area contributed by atoms with Gasteiger partial charge in [-0.1, -0.05) is 18.7 Å². The first kappa shape index (κ1) is 15.0. The van der Waals surface area contributed by atoms with Gasteiger partial charge in [-0.2, -0.15) is 4.98 Å². The van der Waals surface area contributed by atoms with Crippen molar-refractivity contribution < 1.29 is 9.66 Å². The van der Waals surface area contributed by atoms with Crippen LogP contribution in [0.25, 0.3) is 0 Å². The van der Waals surface area contributed by atoms with Crippen molar-refractivity contribution in [1.29, 1.82) is 0 Å². The lowest BCUT2D eigenvalue weighted by molar-refractivity contribution is -0.388. The number of hydrogen-bond donors (Lipinski definition) is 1. The molecule has 2 heterocycles. The zero-order valence-electron chi connectivity index (χ0n) is 11.5. The number of nitro groups is 1. The number of nitrogens with one attached hydrogen (secondary N) is 1. The fourth-order valence-corrected chi connectivity index (χ4v) is 3.06. The Morgan fingerprint density at radius 1 is 1.65 bits per heavy atom. The molecule has 0 saturated carbocycles. The Bertz CT molecular complexity index is 486. The molecule has 2 atom stereocenters. The minimum absolute atomic E-state index is 0.0452. The molecule has 1 N–H and O–H groups in total. The molecule has 8 heteroatoms. The molecule has 2 unspecified atom stereocenters. The number of hydrogen-bond acceptors (Lipinski definition) is 7. The van der Waals surface area contributed by atoms with Crippen LogP contribution in [0.1, 0.15) is 26.7 Å². The third kappa shape index (κ3) is 3.57. The predicted molar refractivity (Wildman–Crippen MR) is 77.1 cm³/mol. The number of rotatable bonds is 6. The summed E-state index contributed by atoms with van der Waals surface area (Å²) in [4.78, 5) is 18.9. The molecule has 1 saturated heterocycles. The molecule has 2 rings (SSSR count). The van der Waals surface area contributed by atoms with E-state index in [9.17, 15) is 10.1 Å². The van der Waals surface area contributed by atoms with Crippen LogP contribution in [0, 0.1) is 10.1 Å². The number of aromatic nitrogens is 2. The van der Waals surface area contributed by atoms with Gasteiger partial charge in [-0.15, -0.1) is 0 Å². The molecule has 0 aliphatic carbocycles. The van der Waals surface area contributed by atoms with Crippen molar-refractivity contribution in [3.63, 3.8) is 0 Å². The Morgan fingerprint density at radius 3 is 3.05 bits per heavy atom. The minimum Gasteiger partial charge on any atom is -0.377 e. The van der Waals surface area contributed by atoms with E-state index in [1.165, 1.54) is 18.0 Å². The van der Waals surface area contributed by atoms with Crippen LogP contribution in [0.2, 0.25) is 0 Å². The highest BCUT2D eigenvalue weighted by Crippen LogP contribution is 2.36. The Morgan fingerprint density at radius 2 is 2.45 bits per heavy atom. The molecular formula is C12H18N4O3S. The highest BCUT2D eigenvalue weighted by Gasteiger charge is 2.29. The Labute approximate surface area is 121 Å². The maximum absolute atomic E-state index is 11.1. The van der Waals surface area contributed by atoms with Gasteiger partial charge in [0, 0.05) is 18.4 Å². The van der Waals surface area contributed by atoms with E-state index in [2.05, 4.69) is 15.3 Å². The highest BCUT2D eigenvalue weighted by atomic mass is 32.2. The summed E-state index contributed by atoms with van der Waals surface area (Å²) in [7, 11) is 0. The summed E-state index contributed by atoms with van der Waals surface area (Å²) in [5, 5.41) is 14.7. The van der Waals surface area contributed by atoms with Gasteiger partial charge in [0.05, 0.1) is 11.0 Å². The van der Waals surface area contributed by atoms with E-state index in [-0.39, 0.29) is 17.0 Å². The topological polar surface area (TPSA) is 90.2 Å². The van der Waals surface area contributed by atoms with Crippen molar-refractivity contribution >= 4 is 23.4 Å². The molecule has 20 heavy (non-hydrogen) atoms. The zero-order valence-corrected chi connectivity index (χ0v) is 12.4. The third-order valence-corrected chi connectivity index (χ3v) is 4.48. The summed E-state index contributed by atoms with van der Waals surface area (Å²) in [5.74, 6) is 0.437. The molecule has 0 radical (unpaired) electrons. The first-order chi connectivity index (χ1) is 9.61. The van der Waals surface area contributed by atoms with Crippen molar-refractivity contribution in [3.8, 4) is 0 Å². The largest absolute Gasteiger partial charge is 0.377 e. The van der Waals surface area contributed by atoms with Gasteiger partial charge in [0.15, 0.2) is 5.03 Å². The van der Waals surface area contributed by atoms with Crippen LogP contribution in [0.5, 0.6) is 0 Å². The summed E-state index contributed by atoms with van der Waals surface area (Å²) in [6.07, 6.45) is 3.18. The average Bonchev–Trinajstić information content (AvgIpc) is 2.82. The second-order valence-electron chi connectivity index (χ2n) is 4.59. The lowest BCUT2D eigenvalue weighted by atomic mass is 10.3. The molecule has 110 valence electrons. The van der Waals surface area contributed by atoms with Gasteiger partial charge >= 0.3 is 5.69 Å². The molecule has 1 aromatic rings. The summed E-state index contributed by atoms with van der Waals surface area (Å²) < 4.78 is 5.48. The van der Waals surface area contributed by atoms with Gasteiger partial charge in [-0.25, -0.2) is 4.98 Å². The van der Waals surface area contributed by atoms with Gasteiger partial charge in [0.1, 0.15) is 6.20 Å². The number of ether oxygens (including phenoxy) is 1. The average molecular weight is 298 g/mol. The Kier molecular flexibility index (Phi) is 5.13. The maximum atomic E-state index is 11.1. The standard InChI is InChI=1S/C12H18N4O3S/c1-3-5-13-12-14-7-9(16(17)18)11(15-12)20-10-4-6-19-8(10)2/h7-8,10H,3-6H2,1-2H3,(H,13,14,15). The zero-order chi connectivity index (χ0) is 14.5. The first-order valence-electron chi connectivity index (χ1n) is 6.65. The van der Waals surface area contributed by atoms with Crippen molar-refractivity contribution in [2.45, 2.75) is 43.1 Å². The number of thioether (sulfide) groups is 1. The van der Waals surface area contributed by atoms with Crippen LogP contribution < -0.4 is 5.32 Å². The van der Waals surface area contributed by atoms with Gasteiger partial charge in [0.2, 0.25) is 5.95 Å². The smallest absolute Gasteiger partial charge is 0.319 e. The predicted octanol–water partition coefficient (Wildman–Crippen LogP) is 2.48. The summed E-state index contributed by atoms with van der Waals surface area (Å²) in [6.45, 7) is 5.45. The third-order valence-electron chi connectivity index (χ3n) is 3.04. The normalized spacial score (nSPS) is 21.9. The van der Waals surface area contributed by atoms with E-state index in [4.69, 9.17) is 4.74 Å². The van der Waals surface area contributed by atoms with Crippen molar-refractivity contribution in [3.05, 3.63) is 16.3 Å². The summed E-state index contributed by atoms with van der Waals surface area (Å²) in [6, 6.07) is 0. The molecule has 1 aliphatic heterocycles. The molecule has 1 fully saturated rings. The van der Waals surface area contributed by atoms with Crippen molar-refractivity contribution in [2.24, 2.45) is 0 Å². The van der Waals surface area contributed by atoms with Crippen molar-refractivity contribution in [2.75, 3.05) is 18.5 Å². The van der Waals surface area contributed by atoms with Crippen LogP contribution in [0.3, 0.4) is 0 Å². The number of nitrogens with zero attached hydrogens (tertiary/aromatic N) is 3.